The Bertz CT molecular complexity index is 407. The van der Waals surface area contributed by atoms with Gasteiger partial charge in [-0.05, 0) is 19.8 Å². The minimum absolute atomic E-state index is 0.600. The molecule has 0 aliphatic heterocycles. The van der Waals surface area contributed by atoms with E-state index >= 15 is 0 Å². The van der Waals surface area contributed by atoms with Gasteiger partial charge in [0.2, 0.25) is 0 Å². The first-order valence-corrected chi connectivity index (χ1v) is 6.15. The number of aromatic nitrogens is 1. The number of aliphatic imine (C=N–C) groups is 1. The molecule has 0 aromatic carbocycles. The molecular formula is C12H20N4O. The fourth-order valence-electron chi connectivity index (χ4n) is 1.58. The summed E-state index contributed by atoms with van der Waals surface area (Å²) in [6.45, 7) is 4.64. The third-order valence-electron chi connectivity index (χ3n) is 2.80. The number of rotatable bonds is 4. The standard InChI is InChI=1S/C12H20N4O/c1-4-11-15-8(2)10(17-11)7-14-12(13-3)16-9-5-6-9/h9H,4-7H2,1-3H3,(H2,13,14,16). The Morgan fingerprint density at radius 1 is 1.53 bits per heavy atom. The topological polar surface area (TPSA) is 62.5 Å². The molecule has 17 heavy (non-hydrogen) atoms. The molecule has 1 aliphatic rings. The average Bonchev–Trinajstić information content (AvgIpc) is 3.08. The minimum atomic E-state index is 0.600. The molecule has 1 fully saturated rings. The first-order chi connectivity index (χ1) is 8.22. The molecule has 1 aromatic rings. The van der Waals surface area contributed by atoms with E-state index < -0.39 is 0 Å². The minimum Gasteiger partial charge on any atom is -0.444 e. The Morgan fingerprint density at radius 3 is 2.82 bits per heavy atom. The van der Waals surface area contributed by atoms with Crippen LogP contribution in [-0.4, -0.2) is 24.0 Å². The second kappa shape index (κ2) is 5.21. The van der Waals surface area contributed by atoms with Gasteiger partial charge in [0.05, 0.1) is 12.2 Å². The maximum atomic E-state index is 5.62. The van der Waals surface area contributed by atoms with Gasteiger partial charge in [-0.25, -0.2) is 4.98 Å². The Kier molecular flexibility index (Phi) is 3.66. The van der Waals surface area contributed by atoms with E-state index in [1.54, 1.807) is 7.05 Å². The van der Waals surface area contributed by atoms with Crippen LogP contribution in [0.25, 0.3) is 0 Å². The number of hydrogen-bond acceptors (Lipinski definition) is 3. The van der Waals surface area contributed by atoms with Crippen molar-refractivity contribution in [2.24, 2.45) is 4.99 Å². The van der Waals surface area contributed by atoms with Crippen LogP contribution in [0.1, 0.15) is 37.1 Å². The lowest BCUT2D eigenvalue weighted by Gasteiger charge is -2.09. The van der Waals surface area contributed by atoms with Crippen LogP contribution in [0.15, 0.2) is 9.41 Å². The average molecular weight is 236 g/mol. The van der Waals surface area contributed by atoms with Gasteiger partial charge in [0.15, 0.2) is 11.9 Å². The van der Waals surface area contributed by atoms with Gasteiger partial charge in [0.1, 0.15) is 5.76 Å². The summed E-state index contributed by atoms with van der Waals surface area (Å²) in [6.07, 6.45) is 3.31. The van der Waals surface area contributed by atoms with Crippen LogP contribution >= 0.6 is 0 Å². The maximum absolute atomic E-state index is 5.62. The first kappa shape index (κ1) is 12.0. The van der Waals surface area contributed by atoms with Gasteiger partial charge in [-0.1, -0.05) is 6.92 Å². The van der Waals surface area contributed by atoms with Crippen molar-refractivity contribution < 1.29 is 4.42 Å². The van der Waals surface area contributed by atoms with Gasteiger partial charge in [-0.15, -0.1) is 0 Å². The third kappa shape index (κ3) is 3.22. The van der Waals surface area contributed by atoms with Crippen molar-refractivity contribution >= 4 is 5.96 Å². The van der Waals surface area contributed by atoms with Gasteiger partial charge in [0.25, 0.3) is 0 Å². The number of nitrogens with one attached hydrogen (secondary N) is 2. The van der Waals surface area contributed by atoms with Crippen molar-refractivity contribution in [2.75, 3.05) is 7.05 Å². The fourth-order valence-corrected chi connectivity index (χ4v) is 1.58. The Balaban J connectivity index is 1.88. The zero-order valence-corrected chi connectivity index (χ0v) is 10.7. The molecule has 0 radical (unpaired) electrons. The zero-order chi connectivity index (χ0) is 12.3. The highest BCUT2D eigenvalue weighted by Crippen LogP contribution is 2.18. The summed E-state index contributed by atoms with van der Waals surface area (Å²) in [5, 5.41) is 6.57. The molecule has 0 spiro atoms. The van der Waals surface area contributed by atoms with E-state index in [1.165, 1.54) is 12.8 Å². The summed E-state index contributed by atoms with van der Waals surface area (Å²) < 4.78 is 5.62. The van der Waals surface area contributed by atoms with Crippen molar-refractivity contribution in [1.29, 1.82) is 0 Å². The Hall–Kier alpha value is -1.52. The van der Waals surface area contributed by atoms with Crippen LogP contribution in [0.4, 0.5) is 0 Å². The smallest absolute Gasteiger partial charge is 0.194 e. The molecule has 0 saturated heterocycles. The highest BCUT2D eigenvalue weighted by Gasteiger charge is 2.22. The van der Waals surface area contributed by atoms with Gasteiger partial charge in [0, 0.05) is 19.5 Å². The second-order valence-electron chi connectivity index (χ2n) is 4.31. The van der Waals surface area contributed by atoms with E-state index in [1.807, 2.05) is 13.8 Å². The molecule has 5 heteroatoms. The molecule has 0 atom stereocenters. The lowest BCUT2D eigenvalue weighted by Crippen LogP contribution is -2.38. The lowest BCUT2D eigenvalue weighted by atomic mass is 10.4. The van der Waals surface area contributed by atoms with Crippen LogP contribution in [0.3, 0.4) is 0 Å². The number of oxazole rings is 1. The normalized spacial score (nSPS) is 16.1. The number of hydrogen-bond donors (Lipinski definition) is 2. The van der Waals surface area contributed by atoms with Crippen molar-refractivity contribution in [3.63, 3.8) is 0 Å². The van der Waals surface area contributed by atoms with E-state index in [2.05, 4.69) is 20.6 Å². The van der Waals surface area contributed by atoms with Gasteiger partial charge in [-0.3, -0.25) is 4.99 Å². The van der Waals surface area contributed by atoms with Gasteiger partial charge >= 0.3 is 0 Å². The highest BCUT2D eigenvalue weighted by molar-refractivity contribution is 5.80. The first-order valence-electron chi connectivity index (χ1n) is 6.15. The van der Waals surface area contributed by atoms with Crippen LogP contribution in [0, 0.1) is 6.92 Å². The molecule has 2 rings (SSSR count). The quantitative estimate of drug-likeness (QED) is 0.612. The van der Waals surface area contributed by atoms with Crippen LogP contribution in [-0.2, 0) is 13.0 Å². The number of aryl methyl sites for hydroxylation is 2. The molecule has 1 saturated carbocycles. The molecule has 1 heterocycles. The summed E-state index contributed by atoms with van der Waals surface area (Å²) in [4.78, 5) is 8.51. The van der Waals surface area contributed by atoms with Crippen LogP contribution in [0.5, 0.6) is 0 Å². The summed E-state index contributed by atoms with van der Waals surface area (Å²) in [5.74, 6) is 2.52. The number of nitrogens with zero attached hydrogens (tertiary/aromatic N) is 2. The largest absolute Gasteiger partial charge is 0.444 e. The molecular weight excluding hydrogens is 216 g/mol. The van der Waals surface area contributed by atoms with E-state index in [4.69, 9.17) is 4.42 Å². The van der Waals surface area contributed by atoms with Crippen molar-refractivity contribution in [1.82, 2.24) is 15.6 Å². The number of guanidine groups is 1. The van der Waals surface area contributed by atoms with Crippen LogP contribution < -0.4 is 10.6 Å². The maximum Gasteiger partial charge on any atom is 0.194 e. The SMILES string of the molecule is CCc1nc(C)c(CNC(=NC)NC2CC2)o1. The zero-order valence-electron chi connectivity index (χ0n) is 10.7. The molecule has 2 N–H and O–H groups in total. The third-order valence-corrected chi connectivity index (χ3v) is 2.80. The monoisotopic (exact) mass is 236 g/mol. The highest BCUT2D eigenvalue weighted by atomic mass is 16.4. The Morgan fingerprint density at radius 2 is 2.29 bits per heavy atom. The predicted molar refractivity (Wildman–Crippen MR) is 67.0 cm³/mol. The van der Waals surface area contributed by atoms with E-state index in [9.17, 15) is 0 Å². The van der Waals surface area contributed by atoms with E-state index in [0.29, 0.717) is 12.6 Å². The predicted octanol–water partition coefficient (Wildman–Crippen LogP) is 1.37. The summed E-state index contributed by atoms with van der Waals surface area (Å²) >= 11 is 0. The molecule has 1 aliphatic carbocycles. The van der Waals surface area contributed by atoms with Crippen molar-refractivity contribution in [3.05, 3.63) is 17.3 Å². The molecule has 5 nitrogen and oxygen atoms in total. The van der Waals surface area contributed by atoms with E-state index in [0.717, 1.165) is 29.7 Å². The molecule has 0 bridgehead atoms. The van der Waals surface area contributed by atoms with Crippen molar-refractivity contribution in [2.45, 2.75) is 45.7 Å². The summed E-state index contributed by atoms with van der Waals surface area (Å²) in [6, 6.07) is 0.600. The second-order valence-corrected chi connectivity index (χ2v) is 4.31. The lowest BCUT2D eigenvalue weighted by molar-refractivity contribution is 0.453. The summed E-state index contributed by atoms with van der Waals surface area (Å²) in [5.41, 5.74) is 0.955. The molecule has 0 amide bonds. The van der Waals surface area contributed by atoms with Crippen molar-refractivity contribution in [3.8, 4) is 0 Å². The molecule has 0 unspecified atom stereocenters. The fraction of sp³-hybridized carbons (Fsp3) is 0.667. The van der Waals surface area contributed by atoms with Crippen LogP contribution in [0.2, 0.25) is 0 Å². The summed E-state index contributed by atoms with van der Waals surface area (Å²) in [7, 11) is 1.78. The van der Waals surface area contributed by atoms with E-state index in [-0.39, 0.29) is 0 Å². The van der Waals surface area contributed by atoms with Gasteiger partial charge < -0.3 is 15.1 Å². The molecule has 94 valence electrons. The Labute approximate surface area is 102 Å². The van der Waals surface area contributed by atoms with Gasteiger partial charge in [-0.2, -0.15) is 0 Å². The molecule has 1 aromatic heterocycles.